The van der Waals surface area contributed by atoms with E-state index in [9.17, 15) is 4.79 Å². The summed E-state index contributed by atoms with van der Waals surface area (Å²) in [6.07, 6.45) is 2.21. The van der Waals surface area contributed by atoms with Gasteiger partial charge in [-0.3, -0.25) is 4.79 Å². The van der Waals surface area contributed by atoms with Crippen molar-refractivity contribution in [2.24, 2.45) is 0 Å². The van der Waals surface area contributed by atoms with Crippen LogP contribution in [0.15, 0.2) is 18.3 Å². The monoisotopic (exact) mass is 304 g/mol. The first kappa shape index (κ1) is 16.9. The van der Waals surface area contributed by atoms with Crippen molar-refractivity contribution in [2.75, 3.05) is 26.2 Å². The minimum atomic E-state index is -0.0809. The van der Waals surface area contributed by atoms with Crippen molar-refractivity contribution >= 4 is 5.91 Å². The van der Waals surface area contributed by atoms with Crippen LogP contribution in [0.4, 0.5) is 0 Å². The largest absolute Gasteiger partial charge is 0.340 e. The van der Waals surface area contributed by atoms with Crippen molar-refractivity contribution in [2.45, 2.75) is 53.1 Å². The van der Waals surface area contributed by atoms with E-state index in [1.807, 2.05) is 4.90 Å². The molecule has 1 aromatic heterocycles. The number of aryl methyl sites for hydroxylation is 1. The minimum absolute atomic E-state index is 0.0809. The molecule has 1 amide bonds. The van der Waals surface area contributed by atoms with Crippen LogP contribution in [0.25, 0.3) is 0 Å². The van der Waals surface area contributed by atoms with Gasteiger partial charge in [0.25, 0.3) is 0 Å². The van der Waals surface area contributed by atoms with E-state index in [0.717, 1.165) is 26.2 Å². The Balaban J connectivity index is 2.18. The van der Waals surface area contributed by atoms with Crippen molar-refractivity contribution in [1.82, 2.24) is 9.80 Å². The number of aromatic nitrogens is 1. The summed E-state index contributed by atoms with van der Waals surface area (Å²) < 4.78 is 2.35. The maximum absolute atomic E-state index is 11.5. The molecule has 1 aliphatic rings. The van der Waals surface area contributed by atoms with Crippen LogP contribution >= 0.6 is 0 Å². The van der Waals surface area contributed by atoms with Gasteiger partial charge in [-0.25, -0.2) is 4.90 Å². The molecule has 1 aromatic rings. The number of rotatable bonds is 3. The van der Waals surface area contributed by atoms with Crippen LogP contribution in [0, 0.1) is 6.92 Å². The third-order valence-corrected chi connectivity index (χ3v) is 4.93. The van der Waals surface area contributed by atoms with E-state index in [4.69, 9.17) is 0 Å². The highest BCUT2D eigenvalue weighted by Crippen LogP contribution is 2.20. The van der Waals surface area contributed by atoms with Crippen molar-refractivity contribution in [1.29, 1.82) is 0 Å². The van der Waals surface area contributed by atoms with Crippen molar-refractivity contribution in [3.63, 3.8) is 0 Å². The van der Waals surface area contributed by atoms with Crippen molar-refractivity contribution in [3.8, 4) is 0 Å². The number of carbonyl (C=O) groups is 1. The first-order valence-corrected chi connectivity index (χ1v) is 8.26. The molecule has 4 nitrogen and oxygen atoms in total. The van der Waals surface area contributed by atoms with Gasteiger partial charge in [0.1, 0.15) is 0 Å². The Morgan fingerprint density at radius 3 is 2.27 bits per heavy atom. The number of hydrogen-bond donors (Lipinski definition) is 0. The maximum atomic E-state index is 11.5. The zero-order valence-corrected chi connectivity index (χ0v) is 14.9. The van der Waals surface area contributed by atoms with Crippen LogP contribution in [0.3, 0.4) is 0 Å². The molecule has 0 unspecified atom stereocenters. The highest BCUT2D eigenvalue weighted by Gasteiger charge is 2.39. The first-order valence-electron chi connectivity index (χ1n) is 8.26. The highest BCUT2D eigenvalue weighted by atomic mass is 16.2. The smallest absolute Gasteiger partial charge is 0.219 e. The van der Waals surface area contributed by atoms with E-state index in [1.165, 1.54) is 11.3 Å². The van der Waals surface area contributed by atoms with Gasteiger partial charge < -0.3 is 4.90 Å². The van der Waals surface area contributed by atoms with Gasteiger partial charge in [0, 0.05) is 66.0 Å². The Hall–Kier alpha value is -1.42. The standard InChI is InChI=1S/C18H30N3O/c1-14(2)17-7-8-21(15(3)13-17)18(5,6)20-11-9-19(10-12-20)16(4)22/h7-8,13-14H,9-12H2,1-6H3/q+1. The second-order valence-corrected chi connectivity index (χ2v) is 7.11. The lowest BCUT2D eigenvalue weighted by atomic mass is 10.0. The molecule has 2 heterocycles. The molecule has 1 aliphatic heterocycles. The normalized spacial score (nSPS) is 17.1. The predicted molar refractivity (Wildman–Crippen MR) is 88.6 cm³/mol. The summed E-state index contributed by atoms with van der Waals surface area (Å²) in [6, 6.07) is 4.52. The number of pyridine rings is 1. The summed E-state index contributed by atoms with van der Waals surface area (Å²) in [5.74, 6) is 0.734. The van der Waals surface area contributed by atoms with Crippen LogP contribution in [0.2, 0.25) is 0 Å². The minimum Gasteiger partial charge on any atom is -0.340 e. The van der Waals surface area contributed by atoms with Gasteiger partial charge >= 0.3 is 0 Å². The van der Waals surface area contributed by atoms with Crippen molar-refractivity contribution < 1.29 is 9.36 Å². The number of amides is 1. The first-order chi connectivity index (χ1) is 10.2. The van der Waals surface area contributed by atoms with Crippen molar-refractivity contribution in [3.05, 3.63) is 29.6 Å². The van der Waals surface area contributed by atoms with Crippen LogP contribution < -0.4 is 4.57 Å². The van der Waals surface area contributed by atoms with Gasteiger partial charge in [0.05, 0.1) is 0 Å². The molecule has 0 aliphatic carbocycles. The lowest BCUT2D eigenvalue weighted by Gasteiger charge is -2.40. The molecule has 1 fully saturated rings. The SMILES string of the molecule is CC(=O)N1CCN(C(C)(C)[n+]2ccc(C(C)C)cc2C)CC1. The fraction of sp³-hybridized carbons (Fsp3) is 0.667. The van der Waals surface area contributed by atoms with Crippen LogP contribution in [-0.2, 0) is 10.5 Å². The summed E-state index contributed by atoms with van der Waals surface area (Å²) in [4.78, 5) is 15.9. The molecule has 22 heavy (non-hydrogen) atoms. The summed E-state index contributed by atoms with van der Waals surface area (Å²) >= 11 is 0. The highest BCUT2D eigenvalue weighted by molar-refractivity contribution is 5.73. The Bertz CT molecular complexity index is 543. The number of hydrogen-bond acceptors (Lipinski definition) is 2. The zero-order chi connectivity index (χ0) is 16.5. The molecule has 0 aromatic carbocycles. The average Bonchev–Trinajstić information content (AvgIpc) is 2.46. The molecule has 0 saturated carbocycles. The number of nitrogens with zero attached hydrogens (tertiary/aromatic N) is 3. The summed E-state index contributed by atoms with van der Waals surface area (Å²) in [7, 11) is 0. The van der Waals surface area contributed by atoms with E-state index in [2.05, 4.69) is 62.4 Å². The molecule has 0 radical (unpaired) electrons. The van der Waals surface area contributed by atoms with Gasteiger partial charge in [-0.2, -0.15) is 4.57 Å². The number of piperazine rings is 1. The molecule has 0 atom stereocenters. The molecule has 2 rings (SSSR count). The lowest BCUT2D eigenvalue weighted by molar-refractivity contribution is -0.786. The fourth-order valence-corrected chi connectivity index (χ4v) is 3.33. The summed E-state index contributed by atoms with van der Waals surface area (Å²) in [5.41, 5.74) is 2.58. The van der Waals surface area contributed by atoms with Crippen LogP contribution in [0.5, 0.6) is 0 Å². The molecule has 0 N–H and O–H groups in total. The van der Waals surface area contributed by atoms with Crippen LogP contribution in [-0.4, -0.2) is 41.9 Å². The molecule has 1 saturated heterocycles. The average molecular weight is 304 g/mol. The van der Waals surface area contributed by atoms with E-state index in [0.29, 0.717) is 5.92 Å². The second kappa shape index (κ2) is 6.37. The third kappa shape index (κ3) is 3.32. The van der Waals surface area contributed by atoms with Gasteiger partial charge in [0.2, 0.25) is 11.6 Å². The Kier molecular flexibility index (Phi) is 4.90. The van der Waals surface area contributed by atoms with E-state index < -0.39 is 0 Å². The molecule has 0 bridgehead atoms. The van der Waals surface area contributed by atoms with Gasteiger partial charge in [-0.15, -0.1) is 0 Å². The topological polar surface area (TPSA) is 27.4 Å². The number of carbonyl (C=O) groups excluding carboxylic acids is 1. The molecule has 4 heteroatoms. The fourth-order valence-electron chi connectivity index (χ4n) is 3.33. The molecular formula is C18H30N3O+. The van der Waals surface area contributed by atoms with E-state index >= 15 is 0 Å². The zero-order valence-electron chi connectivity index (χ0n) is 14.9. The Labute approximate surface area is 134 Å². The molecule has 0 spiro atoms. The van der Waals surface area contributed by atoms with Gasteiger partial charge in [0.15, 0.2) is 11.9 Å². The summed E-state index contributed by atoms with van der Waals surface area (Å²) in [5, 5.41) is 0. The predicted octanol–water partition coefficient (Wildman–Crippen LogP) is 2.26. The molecule has 122 valence electrons. The van der Waals surface area contributed by atoms with Gasteiger partial charge in [-0.1, -0.05) is 13.8 Å². The van der Waals surface area contributed by atoms with Crippen LogP contribution in [0.1, 0.15) is 51.8 Å². The van der Waals surface area contributed by atoms with E-state index in [1.54, 1.807) is 6.92 Å². The molecular weight excluding hydrogens is 274 g/mol. The summed E-state index contributed by atoms with van der Waals surface area (Å²) in [6.45, 7) is 16.3. The van der Waals surface area contributed by atoms with E-state index in [-0.39, 0.29) is 11.6 Å². The van der Waals surface area contributed by atoms with Gasteiger partial charge in [-0.05, 0) is 11.5 Å². The second-order valence-electron chi connectivity index (χ2n) is 7.11. The lowest BCUT2D eigenvalue weighted by Crippen LogP contribution is -2.67. The Morgan fingerprint density at radius 2 is 1.82 bits per heavy atom. The quantitative estimate of drug-likeness (QED) is 0.801. The third-order valence-electron chi connectivity index (χ3n) is 4.93. The Morgan fingerprint density at radius 1 is 1.23 bits per heavy atom. The maximum Gasteiger partial charge on any atom is 0.219 e.